The fourth-order valence-corrected chi connectivity index (χ4v) is 4.41. The molecule has 0 radical (unpaired) electrons. The van der Waals surface area contributed by atoms with Gasteiger partial charge in [-0.25, -0.2) is 0 Å². The van der Waals surface area contributed by atoms with Crippen LogP contribution in [0.15, 0.2) is 36.4 Å². The van der Waals surface area contributed by atoms with Crippen molar-refractivity contribution >= 4 is 17.7 Å². The maximum atomic E-state index is 12.3. The molecule has 1 aliphatic rings. The Morgan fingerprint density at radius 3 is 1.97 bits per heavy atom. The van der Waals surface area contributed by atoms with E-state index in [9.17, 15) is 14.4 Å². The third-order valence-corrected chi connectivity index (χ3v) is 6.57. The lowest BCUT2D eigenvalue weighted by molar-refractivity contribution is -0.121. The van der Waals surface area contributed by atoms with E-state index < -0.39 is 0 Å². The van der Waals surface area contributed by atoms with Gasteiger partial charge < -0.3 is 10.1 Å². The second-order valence-corrected chi connectivity index (χ2v) is 9.60. The number of hydrogen-bond donors (Lipinski definition) is 1. The molecule has 1 aromatic carbocycles. The van der Waals surface area contributed by atoms with E-state index in [0.29, 0.717) is 30.7 Å². The second-order valence-electron chi connectivity index (χ2n) is 9.60. The van der Waals surface area contributed by atoms with E-state index in [2.05, 4.69) is 24.4 Å². The van der Waals surface area contributed by atoms with E-state index >= 15 is 0 Å². The Balaban J connectivity index is 1.35. The van der Waals surface area contributed by atoms with Gasteiger partial charge in [0.05, 0.1) is 30.9 Å². The predicted molar refractivity (Wildman–Crippen MR) is 145 cm³/mol. The largest absolute Gasteiger partial charge is 0.378 e. The minimum absolute atomic E-state index is 0.0524. The van der Waals surface area contributed by atoms with Gasteiger partial charge in [-0.1, -0.05) is 82.6 Å². The molecule has 0 unspecified atom stereocenters. The quantitative estimate of drug-likeness (QED) is 0.120. The highest BCUT2D eigenvalue weighted by Crippen LogP contribution is 2.21. The number of nitrogens with zero attached hydrogens (tertiary/aromatic N) is 1. The van der Waals surface area contributed by atoms with Crippen molar-refractivity contribution in [3.63, 3.8) is 0 Å². The molecule has 2 rings (SSSR count). The summed E-state index contributed by atoms with van der Waals surface area (Å²) >= 11 is 0. The van der Waals surface area contributed by atoms with Gasteiger partial charge in [0.25, 0.3) is 11.8 Å². The second kappa shape index (κ2) is 18.8. The molecule has 0 saturated heterocycles. The van der Waals surface area contributed by atoms with Gasteiger partial charge in [0, 0.05) is 13.0 Å². The number of hydrogen-bond acceptors (Lipinski definition) is 4. The SMILES string of the molecule is CCCCCCCCC=CCCCCCCCC(=O)NCCOCCN1C(=O)c2ccccc2C1=O. The summed E-state index contributed by atoms with van der Waals surface area (Å²) in [5, 5.41) is 2.87. The lowest BCUT2D eigenvalue weighted by Crippen LogP contribution is -2.34. The van der Waals surface area contributed by atoms with Gasteiger partial charge >= 0.3 is 0 Å². The summed E-state index contributed by atoms with van der Waals surface area (Å²) in [5.74, 6) is -0.489. The number of nitrogens with one attached hydrogen (secondary N) is 1. The number of fused-ring (bicyclic) bond motifs is 1. The van der Waals surface area contributed by atoms with E-state index in [1.54, 1.807) is 24.3 Å². The number of imide groups is 1. The van der Waals surface area contributed by atoms with Gasteiger partial charge in [0.2, 0.25) is 5.91 Å². The van der Waals surface area contributed by atoms with Crippen molar-refractivity contribution in [1.29, 1.82) is 0 Å². The molecular weight excluding hydrogens is 452 g/mol. The Morgan fingerprint density at radius 1 is 0.806 bits per heavy atom. The number of benzene rings is 1. The first-order chi connectivity index (χ1) is 17.6. The van der Waals surface area contributed by atoms with Gasteiger partial charge in [-0.2, -0.15) is 0 Å². The molecular formula is C30H46N2O4. The van der Waals surface area contributed by atoms with Crippen LogP contribution in [0.3, 0.4) is 0 Å². The molecule has 0 aliphatic carbocycles. The molecule has 0 fully saturated rings. The molecule has 1 N–H and O–H groups in total. The summed E-state index contributed by atoms with van der Waals surface area (Å²) in [5.41, 5.74) is 0.899. The lowest BCUT2D eigenvalue weighted by atomic mass is 10.1. The van der Waals surface area contributed by atoms with Crippen LogP contribution in [0, 0.1) is 0 Å². The lowest BCUT2D eigenvalue weighted by Gasteiger charge is -2.14. The molecule has 3 amide bonds. The van der Waals surface area contributed by atoms with Crippen molar-refractivity contribution in [1.82, 2.24) is 10.2 Å². The Kier molecular flexibility index (Phi) is 15.5. The molecule has 6 heteroatoms. The molecule has 36 heavy (non-hydrogen) atoms. The number of rotatable bonds is 21. The summed E-state index contributed by atoms with van der Waals surface area (Å²) < 4.78 is 5.51. The molecule has 0 aromatic heterocycles. The maximum Gasteiger partial charge on any atom is 0.261 e. The molecule has 0 bridgehead atoms. The first kappa shape index (κ1) is 29.8. The van der Waals surface area contributed by atoms with Crippen LogP contribution < -0.4 is 5.32 Å². The van der Waals surface area contributed by atoms with Crippen LogP contribution in [-0.4, -0.2) is 48.9 Å². The van der Waals surface area contributed by atoms with Gasteiger partial charge in [-0.05, 0) is 44.2 Å². The van der Waals surface area contributed by atoms with Crippen LogP contribution in [0.2, 0.25) is 0 Å². The number of carbonyl (C=O) groups is 3. The van der Waals surface area contributed by atoms with E-state index in [4.69, 9.17) is 4.74 Å². The minimum Gasteiger partial charge on any atom is -0.378 e. The van der Waals surface area contributed by atoms with Crippen molar-refractivity contribution in [3.05, 3.63) is 47.5 Å². The molecule has 0 spiro atoms. The van der Waals surface area contributed by atoms with Crippen LogP contribution in [0.25, 0.3) is 0 Å². The van der Waals surface area contributed by atoms with E-state index in [1.807, 2.05) is 0 Å². The maximum absolute atomic E-state index is 12.3. The third-order valence-electron chi connectivity index (χ3n) is 6.57. The fraction of sp³-hybridized carbons (Fsp3) is 0.633. The normalized spacial score (nSPS) is 13.1. The number of amides is 3. The van der Waals surface area contributed by atoms with Crippen molar-refractivity contribution < 1.29 is 19.1 Å². The van der Waals surface area contributed by atoms with E-state index in [1.165, 1.54) is 75.5 Å². The number of allylic oxidation sites excluding steroid dienone is 2. The Hall–Kier alpha value is -2.47. The highest BCUT2D eigenvalue weighted by atomic mass is 16.5. The van der Waals surface area contributed by atoms with Gasteiger partial charge in [0.15, 0.2) is 0 Å². The van der Waals surface area contributed by atoms with Crippen molar-refractivity contribution in [2.24, 2.45) is 0 Å². The zero-order valence-electron chi connectivity index (χ0n) is 22.3. The molecule has 0 saturated carbocycles. The summed E-state index contributed by atoms with van der Waals surface area (Å²) in [6.07, 6.45) is 21.4. The molecule has 1 aliphatic heterocycles. The van der Waals surface area contributed by atoms with Crippen molar-refractivity contribution in [2.75, 3.05) is 26.3 Å². The van der Waals surface area contributed by atoms with Crippen molar-refractivity contribution in [3.8, 4) is 0 Å². The van der Waals surface area contributed by atoms with Gasteiger partial charge in [-0.3, -0.25) is 19.3 Å². The van der Waals surface area contributed by atoms with Gasteiger partial charge in [0.1, 0.15) is 0 Å². The van der Waals surface area contributed by atoms with Crippen molar-refractivity contribution in [2.45, 2.75) is 96.8 Å². The van der Waals surface area contributed by atoms with Crippen LogP contribution >= 0.6 is 0 Å². The zero-order valence-corrected chi connectivity index (χ0v) is 22.3. The first-order valence-corrected chi connectivity index (χ1v) is 14.1. The molecule has 200 valence electrons. The number of ether oxygens (including phenoxy) is 1. The Bertz CT molecular complexity index is 786. The summed E-state index contributed by atoms with van der Waals surface area (Å²) in [6.45, 7) is 3.53. The standard InChI is InChI=1S/C30H46N2O4/c1-2-3-4-5-6-7-8-9-10-11-12-13-14-15-16-21-28(33)31-22-24-36-25-23-32-29(34)26-19-17-18-20-27(26)30(32)35/h9-10,17-20H,2-8,11-16,21-25H2,1H3,(H,31,33). The first-order valence-electron chi connectivity index (χ1n) is 14.1. The minimum atomic E-state index is -0.271. The Morgan fingerprint density at radius 2 is 1.36 bits per heavy atom. The predicted octanol–water partition coefficient (Wildman–Crippen LogP) is 6.45. The van der Waals surface area contributed by atoms with Crippen LogP contribution in [0.1, 0.15) is 118 Å². The van der Waals surface area contributed by atoms with E-state index in [0.717, 1.165) is 12.8 Å². The van der Waals surface area contributed by atoms with Crippen LogP contribution in [0.4, 0.5) is 0 Å². The monoisotopic (exact) mass is 498 g/mol. The van der Waals surface area contributed by atoms with Gasteiger partial charge in [-0.15, -0.1) is 0 Å². The summed E-state index contributed by atoms with van der Waals surface area (Å²) in [7, 11) is 0. The average Bonchev–Trinajstić information content (AvgIpc) is 3.13. The molecule has 1 heterocycles. The van der Waals surface area contributed by atoms with E-state index in [-0.39, 0.29) is 30.9 Å². The third kappa shape index (κ3) is 11.5. The number of carbonyl (C=O) groups excluding carboxylic acids is 3. The highest BCUT2D eigenvalue weighted by molar-refractivity contribution is 6.21. The zero-order chi connectivity index (χ0) is 25.8. The average molecular weight is 499 g/mol. The summed E-state index contributed by atoms with van der Waals surface area (Å²) in [6, 6.07) is 6.84. The topological polar surface area (TPSA) is 75.7 Å². The molecule has 0 atom stereocenters. The number of unbranched alkanes of at least 4 members (excludes halogenated alkanes) is 11. The van der Waals surface area contributed by atoms with Crippen LogP contribution in [-0.2, 0) is 9.53 Å². The fourth-order valence-electron chi connectivity index (χ4n) is 4.41. The van der Waals surface area contributed by atoms with Crippen LogP contribution in [0.5, 0.6) is 0 Å². The highest BCUT2D eigenvalue weighted by Gasteiger charge is 2.34. The summed E-state index contributed by atoms with van der Waals surface area (Å²) in [4.78, 5) is 37.8. The smallest absolute Gasteiger partial charge is 0.261 e. The Labute approximate surface area is 217 Å². The molecule has 6 nitrogen and oxygen atoms in total. The molecule has 1 aromatic rings.